The van der Waals surface area contributed by atoms with Gasteiger partial charge in [0.15, 0.2) is 0 Å². The first-order chi connectivity index (χ1) is 9.63. The van der Waals surface area contributed by atoms with Crippen LogP contribution in [0.5, 0.6) is 0 Å². The Morgan fingerprint density at radius 1 is 1.33 bits per heavy atom. The second-order valence-corrected chi connectivity index (χ2v) is 5.53. The minimum atomic E-state index is 0. The number of nitrogens with one attached hydrogen (secondary N) is 2. The van der Waals surface area contributed by atoms with Gasteiger partial charge < -0.3 is 15.5 Å². The Morgan fingerprint density at radius 3 is 2.90 bits per heavy atom. The number of piperazine rings is 1. The number of rotatable bonds is 1. The van der Waals surface area contributed by atoms with Gasteiger partial charge in [0.1, 0.15) is 0 Å². The molecular formula is C15H20ClN3O2. The van der Waals surface area contributed by atoms with E-state index in [1.54, 1.807) is 6.07 Å². The highest BCUT2D eigenvalue weighted by Gasteiger charge is 2.23. The van der Waals surface area contributed by atoms with E-state index >= 15 is 0 Å². The van der Waals surface area contributed by atoms with E-state index in [0.717, 1.165) is 30.9 Å². The Kier molecular flexibility index (Phi) is 4.85. The van der Waals surface area contributed by atoms with Crippen LogP contribution in [-0.4, -0.2) is 42.4 Å². The fraction of sp³-hybridized carbons (Fsp3) is 0.467. The molecule has 2 aliphatic rings. The molecule has 1 aromatic carbocycles. The number of carbonyl (C=O) groups is 2. The molecule has 0 unspecified atom stereocenters. The van der Waals surface area contributed by atoms with Crippen molar-refractivity contribution in [3.05, 3.63) is 29.3 Å². The molecule has 0 bridgehead atoms. The topological polar surface area (TPSA) is 61.4 Å². The standard InChI is InChI=1S/C15H19N3O2.ClH/c1-10-9-18(7-6-16-10)15(20)12-2-4-13-11(8-12)3-5-14(19)17-13;/h2,4,8,10,16H,3,5-7,9H2,1H3,(H,17,19);1H/t10-;/m0./s1. The van der Waals surface area contributed by atoms with Crippen molar-refractivity contribution >= 4 is 29.9 Å². The van der Waals surface area contributed by atoms with Crippen LogP contribution in [0.3, 0.4) is 0 Å². The summed E-state index contributed by atoms with van der Waals surface area (Å²) in [6.45, 7) is 4.42. The quantitative estimate of drug-likeness (QED) is 0.825. The number of halogens is 1. The zero-order valence-electron chi connectivity index (χ0n) is 12.0. The third-order valence-electron chi connectivity index (χ3n) is 3.90. The average Bonchev–Trinajstić information content (AvgIpc) is 2.46. The fourth-order valence-electron chi connectivity index (χ4n) is 2.82. The SMILES string of the molecule is C[C@H]1CN(C(=O)c2ccc3c(c2)CCC(=O)N3)CCN1.Cl. The second-order valence-electron chi connectivity index (χ2n) is 5.53. The largest absolute Gasteiger partial charge is 0.336 e. The first kappa shape index (κ1) is 15.8. The lowest BCUT2D eigenvalue weighted by Gasteiger charge is -2.32. The smallest absolute Gasteiger partial charge is 0.253 e. The molecule has 1 aromatic rings. The van der Waals surface area contributed by atoms with Crippen LogP contribution in [0.4, 0.5) is 5.69 Å². The maximum Gasteiger partial charge on any atom is 0.253 e. The lowest BCUT2D eigenvalue weighted by Crippen LogP contribution is -2.51. The Hall–Kier alpha value is -1.59. The average molecular weight is 310 g/mol. The predicted molar refractivity (Wildman–Crippen MR) is 84.0 cm³/mol. The molecule has 0 radical (unpaired) electrons. The number of anilines is 1. The molecular weight excluding hydrogens is 290 g/mol. The van der Waals surface area contributed by atoms with Crippen molar-refractivity contribution < 1.29 is 9.59 Å². The molecule has 2 aliphatic heterocycles. The minimum absolute atomic E-state index is 0. The van der Waals surface area contributed by atoms with E-state index in [2.05, 4.69) is 17.6 Å². The molecule has 1 fully saturated rings. The van der Waals surface area contributed by atoms with Gasteiger partial charge in [0.05, 0.1) is 0 Å². The minimum Gasteiger partial charge on any atom is -0.336 e. The molecule has 3 rings (SSSR count). The van der Waals surface area contributed by atoms with Crippen molar-refractivity contribution in [2.45, 2.75) is 25.8 Å². The number of carbonyl (C=O) groups excluding carboxylic acids is 2. The van der Waals surface area contributed by atoms with Crippen molar-refractivity contribution in [3.8, 4) is 0 Å². The van der Waals surface area contributed by atoms with E-state index < -0.39 is 0 Å². The number of hydrogen-bond donors (Lipinski definition) is 2. The van der Waals surface area contributed by atoms with Gasteiger partial charge in [-0.25, -0.2) is 0 Å². The van der Waals surface area contributed by atoms with Crippen LogP contribution in [0.25, 0.3) is 0 Å². The lowest BCUT2D eigenvalue weighted by atomic mass is 9.99. The van der Waals surface area contributed by atoms with Gasteiger partial charge >= 0.3 is 0 Å². The number of nitrogens with zero attached hydrogens (tertiary/aromatic N) is 1. The predicted octanol–water partition coefficient (Wildman–Crippen LogP) is 1.43. The summed E-state index contributed by atoms with van der Waals surface area (Å²) in [7, 11) is 0. The molecule has 5 nitrogen and oxygen atoms in total. The van der Waals surface area contributed by atoms with Gasteiger partial charge in [0, 0.05) is 43.3 Å². The summed E-state index contributed by atoms with van der Waals surface area (Å²) >= 11 is 0. The number of hydrogen-bond acceptors (Lipinski definition) is 3. The van der Waals surface area contributed by atoms with Crippen LogP contribution in [0, 0.1) is 0 Å². The van der Waals surface area contributed by atoms with Gasteiger partial charge in [-0.1, -0.05) is 0 Å². The second kappa shape index (κ2) is 6.45. The van der Waals surface area contributed by atoms with Gasteiger partial charge in [-0.05, 0) is 37.1 Å². The Bertz CT molecular complexity index is 562. The highest BCUT2D eigenvalue weighted by Crippen LogP contribution is 2.24. The summed E-state index contributed by atoms with van der Waals surface area (Å²) in [6.07, 6.45) is 1.20. The van der Waals surface area contributed by atoms with Gasteiger partial charge in [-0.2, -0.15) is 0 Å². The number of fused-ring (bicyclic) bond motifs is 1. The molecule has 114 valence electrons. The summed E-state index contributed by atoms with van der Waals surface area (Å²) in [6, 6.07) is 5.90. The molecule has 21 heavy (non-hydrogen) atoms. The summed E-state index contributed by atoms with van der Waals surface area (Å²) < 4.78 is 0. The molecule has 1 saturated heterocycles. The van der Waals surface area contributed by atoms with Gasteiger partial charge in [0.25, 0.3) is 5.91 Å². The number of amides is 2. The molecule has 0 spiro atoms. The van der Waals surface area contributed by atoms with Crippen molar-refractivity contribution in [1.29, 1.82) is 0 Å². The zero-order chi connectivity index (χ0) is 14.1. The number of aryl methyl sites for hydroxylation is 1. The Balaban J connectivity index is 0.00000161. The lowest BCUT2D eigenvalue weighted by molar-refractivity contribution is -0.116. The highest BCUT2D eigenvalue weighted by molar-refractivity contribution is 5.98. The van der Waals surface area contributed by atoms with Crippen LogP contribution in [0.1, 0.15) is 29.3 Å². The van der Waals surface area contributed by atoms with E-state index in [-0.39, 0.29) is 24.2 Å². The zero-order valence-corrected chi connectivity index (χ0v) is 12.8. The third-order valence-corrected chi connectivity index (χ3v) is 3.90. The first-order valence-corrected chi connectivity index (χ1v) is 7.09. The molecule has 2 heterocycles. The maximum atomic E-state index is 12.5. The summed E-state index contributed by atoms with van der Waals surface area (Å²) in [5.41, 5.74) is 2.61. The van der Waals surface area contributed by atoms with Crippen LogP contribution in [0.2, 0.25) is 0 Å². The van der Waals surface area contributed by atoms with Crippen molar-refractivity contribution in [1.82, 2.24) is 10.2 Å². The molecule has 2 amide bonds. The van der Waals surface area contributed by atoms with E-state index in [9.17, 15) is 9.59 Å². The van der Waals surface area contributed by atoms with Crippen LogP contribution < -0.4 is 10.6 Å². The number of benzene rings is 1. The Morgan fingerprint density at radius 2 is 2.14 bits per heavy atom. The first-order valence-electron chi connectivity index (χ1n) is 7.09. The van der Waals surface area contributed by atoms with Gasteiger partial charge in [-0.15, -0.1) is 12.4 Å². The summed E-state index contributed by atoms with van der Waals surface area (Å²) in [5, 5.41) is 6.17. The van der Waals surface area contributed by atoms with Crippen molar-refractivity contribution in [2.75, 3.05) is 25.0 Å². The summed E-state index contributed by atoms with van der Waals surface area (Å²) in [5.74, 6) is 0.130. The molecule has 0 aliphatic carbocycles. The van der Waals surface area contributed by atoms with Crippen molar-refractivity contribution in [3.63, 3.8) is 0 Å². The molecule has 2 N–H and O–H groups in total. The van der Waals surface area contributed by atoms with Crippen LogP contribution >= 0.6 is 12.4 Å². The third kappa shape index (κ3) is 3.36. The summed E-state index contributed by atoms with van der Waals surface area (Å²) in [4.78, 5) is 25.7. The van der Waals surface area contributed by atoms with Crippen LogP contribution in [-0.2, 0) is 11.2 Å². The normalized spacial score (nSPS) is 21.1. The van der Waals surface area contributed by atoms with Gasteiger partial charge in [0.2, 0.25) is 5.91 Å². The van der Waals surface area contributed by atoms with E-state index in [0.29, 0.717) is 24.4 Å². The molecule has 1 atom stereocenters. The molecule has 0 aromatic heterocycles. The van der Waals surface area contributed by atoms with E-state index in [4.69, 9.17) is 0 Å². The van der Waals surface area contributed by atoms with E-state index in [1.807, 2.05) is 17.0 Å². The molecule has 0 saturated carbocycles. The van der Waals surface area contributed by atoms with E-state index in [1.165, 1.54) is 0 Å². The fourth-order valence-corrected chi connectivity index (χ4v) is 2.82. The van der Waals surface area contributed by atoms with Crippen LogP contribution in [0.15, 0.2) is 18.2 Å². The monoisotopic (exact) mass is 309 g/mol. The highest BCUT2D eigenvalue weighted by atomic mass is 35.5. The van der Waals surface area contributed by atoms with Crippen molar-refractivity contribution in [2.24, 2.45) is 0 Å². The Labute approximate surface area is 130 Å². The molecule has 6 heteroatoms. The maximum absolute atomic E-state index is 12.5. The van der Waals surface area contributed by atoms with Gasteiger partial charge in [-0.3, -0.25) is 9.59 Å².